The molecule has 5 nitrogen and oxygen atoms in total. The van der Waals surface area contributed by atoms with E-state index < -0.39 is 5.41 Å². The van der Waals surface area contributed by atoms with Crippen LogP contribution in [0.3, 0.4) is 0 Å². The van der Waals surface area contributed by atoms with Crippen molar-refractivity contribution >= 4 is 38.9 Å². The van der Waals surface area contributed by atoms with Crippen LogP contribution >= 0.6 is 15.9 Å². The summed E-state index contributed by atoms with van der Waals surface area (Å²) in [4.78, 5) is 18.7. The number of hydrazone groups is 1. The van der Waals surface area contributed by atoms with Crippen LogP contribution in [0.2, 0.25) is 0 Å². The third kappa shape index (κ3) is 2.47. The number of para-hydroxylation sites is 1. The minimum absolute atomic E-state index is 0.0879. The molecule has 2 aromatic carbocycles. The van der Waals surface area contributed by atoms with E-state index in [4.69, 9.17) is 5.10 Å². The van der Waals surface area contributed by atoms with E-state index in [0.29, 0.717) is 6.42 Å². The second-order valence-electron chi connectivity index (χ2n) is 8.03. The quantitative estimate of drug-likeness (QED) is 0.683. The fourth-order valence-electron chi connectivity index (χ4n) is 4.98. The molecule has 144 valence electrons. The largest absolute Gasteiger partial charge is 0.364 e. The van der Waals surface area contributed by atoms with Gasteiger partial charge in [-0.15, -0.1) is 0 Å². The summed E-state index contributed by atoms with van der Waals surface area (Å²) in [6.45, 7) is 4.80. The average Bonchev–Trinajstić information content (AvgIpc) is 2.94. The van der Waals surface area contributed by atoms with Crippen molar-refractivity contribution in [3.63, 3.8) is 0 Å². The van der Waals surface area contributed by atoms with Crippen molar-refractivity contribution in [2.24, 2.45) is 10.5 Å². The maximum absolute atomic E-state index is 13.9. The minimum atomic E-state index is -0.627. The van der Waals surface area contributed by atoms with E-state index in [-0.39, 0.29) is 11.9 Å². The minimum Gasteiger partial charge on any atom is -0.364 e. The fraction of sp³-hybridized carbons (Fsp3) is 0.364. The molecule has 0 aromatic heterocycles. The van der Waals surface area contributed by atoms with Gasteiger partial charge in [0.25, 0.3) is 5.91 Å². The molecular formula is C22H23BrN4O. The summed E-state index contributed by atoms with van der Waals surface area (Å²) in [5, 5.41) is 6.39. The SMILES string of the molecule is CC1=NN(c2ccccc2)C(=O)[C@@]12Cc1cc(Br)ccc1N1CCN(C)C[C@H]12. The van der Waals surface area contributed by atoms with Gasteiger partial charge in [-0.3, -0.25) is 4.79 Å². The molecule has 1 saturated heterocycles. The Morgan fingerprint density at radius 1 is 1.14 bits per heavy atom. The number of benzene rings is 2. The molecule has 0 radical (unpaired) electrons. The highest BCUT2D eigenvalue weighted by atomic mass is 79.9. The predicted molar refractivity (Wildman–Crippen MR) is 116 cm³/mol. The maximum atomic E-state index is 13.9. The van der Waals surface area contributed by atoms with E-state index in [1.54, 1.807) is 5.01 Å². The molecular weight excluding hydrogens is 416 g/mol. The molecule has 0 unspecified atom stereocenters. The zero-order chi connectivity index (χ0) is 19.5. The summed E-state index contributed by atoms with van der Waals surface area (Å²) in [6, 6.07) is 16.3. The highest BCUT2D eigenvalue weighted by molar-refractivity contribution is 9.10. The molecule has 6 heteroatoms. The van der Waals surface area contributed by atoms with Crippen LogP contribution in [0.15, 0.2) is 58.1 Å². The molecule has 1 amide bonds. The maximum Gasteiger partial charge on any atom is 0.261 e. The van der Waals surface area contributed by atoms with Crippen LogP contribution in [0.25, 0.3) is 0 Å². The Morgan fingerprint density at radius 2 is 1.93 bits per heavy atom. The van der Waals surface area contributed by atoms with Crippen molar-refractivity contribution in [1.29, 1.82) is 0 Å². The average molecular weight is 439 g/mol. The Labute approximate surface area is 173 Å². The van der Waals surface area contributed by atoms with E-state index in [1.807, 2.05) is 37.3 Å². The van der Waals surface area contributed by atoms with Crippen molar-refractivity contribution in [3.8, 4) is 0 Å². The first-order valence-corrected chi connectivity index (χ1v) is 10.5. The van der Waals surface area contributed by atoms with Crippen molar-refractivity contribution in [2.75, 3.05) is 36.6 Å². The number of hydrogen-bond donors (Lipinski definition) is 0. The van der Waals surface area contributed by atoms with Crippen molar-refractivity contribution in [2.45, 2.75) is 19.4 Å². The zero-order valence-corrected chi connectivity index (χ0v) is 17.7. The van der Waals surface area contributed by atoms with E-state index in [9.17, 15) is 4.79 Å². The van der Waals surface area contributed by atoms with Gasteiger partial charge in [0, 0.05) is 29.8 Å². The molecule has 1 spiro atoms. The summed E-state index contributed by atoms with van der Waals surface area (Å²) in [5.41, 5.74) is 3.59. The monoisotopic (exact) mass is 438 g/mol. The molecule has 5 rings (SSSR count). The Kier molecular flexibility index (Phi) is 4.10. The van der Waals surface area contributed by atoms with Crippen molar-refractivity contribution in [1.82, 2.24) is 4.90 Å². The lowest BCUT2D eigenvalue weighted by atomic mass is 9.67. The second-order valence-corrected chi connectivity index (χ2v) is 8.95. The first-order valence-electron chi connectivity index (χ1n) is 9.69. The molecule has 3 heterocycles. The molecule has 0 bridgehead atoms. The molecule has 1 fully saturated rings. The van der Waals surface area contributed by atoms with Gasteiger partial charge in [0.1, 0.15) is 5.41 Å². The molecule has 2 aromatic rings. The van der Waals surface area contributed by atoms with Crippen molar-refractivity contribution in [3.05, 3.63) is 58.6 Å². The summed E-state index contributed by atoms with van der Waals surface area (Å²) < 4.78 is 1.05. The van der Waals surface area contributed by atoms with E-state index in [1.165, 1.54) is 11.3 Å². The zero-order valence-electron chi connectivity index (χ0n) is 16.1. The molecule has 28 heavy (non-hydrogen) atoms. The number of piperazine rings is 1. The number of fused-ring (bicyclic) bond motifs is 4. The van der Waals surface area contributed by atoms with Gasteiger partial charge in [0.05, 0.1) is 17.4 Å². The number of carbonyl (C=O) groups excluding carboxylic acids is 1. The number of hydrogen-bond acceptors (Lipinski definition) is 4. The summed E-state index contributed by atoms with van der Waals surface area (Å²) in [5.74, 6) is 0.0899. The van der Waals surface area contributed by atoms with Gasteiger partial charge in [-0.05, 0) is 56.3 Å². The lowest BCUT2D eigenvalue weighted by molar-refractivity contribution is -0.125. The van der Waals surface area contributed by atoms with Crippen LogP contribution in [0.4, 0.5) is 11.4 Å². The third-order valence-corrected chi connectivity index (χ3v) is 6.94. The standard InChI is InChI=1S/C22H23BrN4O/c1-15-22(21(28)27(24-15)18-6-4-3-5-7-18)13-16-12-17(23)8-9-19(16)26-11-10-25(2)14-20(22)26/h3-9,12,20H,10-11,13-14H2,1-2H3/t20-,22-/m0/s1. The number of anilines is 2. The lowest BCUT2D eigenvalue weighted by Crippen LogP contribution is -2.66. The Balaban J connectivity index is 1.65. The van der Waals surface area contributed by atoms with Gasteiger partial charge in [0.2, 0.25) is 0 Å². The lowest BCUT2D eigenvalue weighted by Gasteiger charge is -2.52. The molecule has 0 saturated carbocycles. The van der Waals surface area contributed by atoms with Crippen LogP contribution in [0.5, 0.6) is 0 Å². The second kappa shape index (κ2) is 6.42. The van der Waals surface area contributed by atoms with Gasteiger partial charge in [-0.2, -0.15) is 10.1 Å². The van der Waals surface area contributed by atoms with Gasteiger partial charge in [-0.1, -0.05) is 34.1 Å². The summed E-state index contributed by atoms with van der Waals surface area (Å²) in [6.07, 6.45) is 0.689. The fourth-order valence-corrected chi connectivity index (χ4v) is 5.39. The van der Waals surface area contributed by atoms with Crippen LogP contribution in [0.1, 0.15) is 12.5 Å². The molecule has 3 aliphatic rings. The van der Waals surface area contributed by atoms with Gasteiger partial charge in [-0.25, -0.2) is 0 Å². The van der Waals surface area contributed by atoms with E-state index >= 15 is 0 Å². The van der Waals surface area contributed by atoms with Crippen LogP contribution in [0, 0.1) is 5.41 Å². The Bertz CT molecular complexity index is 976. The number of amides is 1. The van der Waals surface area contributed by atoms with Crippen LogP contribution in [-0.2, 0) is 11.2 Å². The number of likely N-dealkylation sites (N-methyl/N-ethyl adjacent to an activating group) is 1. The van der Waals surface area contributed by atoms with Gasteiger partial charge in [0.15, 0.2) is 0 Å². The highest BCUT2D eigenvalue weighted by Crippen LogP contribution is 2.48. The number of rotatable bonds is 1. The molecule has 0 N–H and O–H groups in total. The van der Waals surface area contributed by atoms with Crippen LogP contribution < -0.4 is 9.91 Å². The molecule has 0 aliphatic carbocycles. The molecule has 3 aliphatic heterocycles. The first-order chi connectivity index (χ1) is 13.5. The van der Waals surface area contributed by atoms with Crippen LogP contribution in [-0.4, -0.2) is 49.2 Å². The molecule has 2 atom stereocenters. The predicted octanol–water partition coefficient (Wildman–Crippen LogP) is 3.53. The topological polar surface area (TPSA) is 39.2 Å². The van der Waals surface area contributed by atoms with Gasteiger partial charge >= 0.3 is 0 Å². The Hall–Kier alpha value is -2.18. The highest BCUT2D eigenvalue weighted by Gasteiger charge is 2.59. The van der Waals surface area contributed by atoms with E-state index in [2.05, 4.69) is 51.0 Å². The number of carbonyl (C=O) groups is 1. The van der Waals surface area contributed by atoms with Gasteiger partial charge < -0.3 is 9.80 Å². The summed E-state index contributed by atoms with van der Waals surface area (Å²) in [7, 11) is 2.14. The smallest absolute Gasteiger partial charge is 0.261 e. The number of halogens is 1. The third-order valence-electron chi connectivity index (χ3n) is 6.44. The number of nitrogens with zero attached hydrogens (tertiary/aromatic N) is 4. The normalized spacial score (nSPS) is 27.0. The summed E-state index contributed by atoms with van der Waals surface area (Å²) >= 11 is 3.61. The van der Waals surface area contributed by atoms with Crippen molar-refractivity contribution < 1.29 is 4.79 Å². The first kappa shape index (κ1) is 17.9. The van der Waals surface area contributed by atoms with E-state index in [0.717, 1.165) is 35.5 Å². The Morgan fingerprint density at radius 3 is 2.71 bits per heavy atom.